The van der Waals surface area contributed by atoms with Crippen LogP contribution in [0.1, 0.15) is 21.5 Å². The highest BCUT2D eigenvalue weighted by Gasteiger charge is 2.16. The van der Waals surface area contributed by atoms with E-state index in [2.05, 4.69) is 5.32 Å². The number of ether oxygens (including phenoxy) is 3. The molecule has 0 aliphatic rings. The van der Waals surface area contributed by atoms with Crippen LogP contribution < -0.4 is 20.5 Å². The predicted molar refractivity (Wildman–Crippen MR) is 108 cm³/mol. The molecule has 154 valence electrons. The molecule has 3 N–H and O–H groups in total. The van der Waals surface area contributed by atoms with Crippen molar-refractivity contribution in [2.24, 2.45) is 5.73 Å². The highest BCUT2D eigenvalue weighted by molar-refractivity contribution is 6.34. The van der Waals surface area contributed by atoms with Gasteiger partial charge in [0.1, 0.15) is 0 Å². The molecule has 2 aromatic rings. The smallest absolute Gasteiger partial charge is 0.338 e. The SMILES string of the molecule is COc1cc(C(=O)OCC(=O)Nc2c(C)cc(C)cc2Cl)ccc1OCC(N)=O. The zero-order valence-electron chi connectivity index (χ0n) is 16.2. The van der Waals surface area contributed by atoms with Gasteiger partial charge in [-0.3, -0.25) is 9.59 Å². The van der Waals surface area contributed by atoms with Gasteiger partial charge < -0.3 is 25.3 Å². The van der Waals surface area contributed by atoms with Gasteiger partial charge in [0.2, 0.25) is 0 Å². The molecule has 0 aliphatic carbocycles. The van der Waals surface area contributed by atoms with E-state index in [1.165, 1.54) is 25.3 Å². The van der Waals surface area contributed by atoms with Gasteiger partial charge in [0.25, 0.3) is 11.8 Å². The molecule has 0 unspecified atom stereocenters. The van der Waals surface area contributed by atoms with Crippen LogP contribution in [0.3, 0.4) is 0 Å². The molecule has 0 fully saturated rings. The third kappa shape index (κ3) is 6.11. The normalized spacial score (nSPS) is 10.2. The van der Waals surface area contributed by atoms with Crippen molar-refractivity contribution in [3.63, 3.8) is 0 Å². The van der Waals surface area contributed by atoms with Crippen LogP contribution in [0.15, 0.2) is 30.3 Å². The molecule has 9 heteroatoms. The monoisotopic (exact) mass is 420 g/mol. The molecule has 0 radical (unpaired) electrons. The molecule has 2 aromatic carbocycles. The van der Waals surface area contributed by atoms with E-state index < -0.39 is 24.4 Å². The first-order chi connectivity index (χ1) is 13.7. The van der Waals surface area contributed by atoms with Crippen LogP contribution >= 0.6 is 11.6 Å². The van der Waals surface area contributed by atoms with Crippen LogP contribution in [0.4, 0.5) is 5.69 Å². The fourth-order valence-corrected chi connectivity index (χ4v) is 2.90. The number of hydrogen-bond acceptors (Lipinski definition) is 6. The summed E-state index contributed by atoms with van der Waals surface area (Å²) in [5.41, 5.74) is 7.41. The van der Waals surface area contributed by atoms with Gasteiger partial charge in [-0.05, 0) is 49.2 Å². The minimum absolute atomic E-state index is 0.144. The maximum absolute atomic E-state index is 12.2. The van der Waals surface area contributed by atoms with Crippen LogP contribution in [-0.4, -0.2) is 38.1 Å². The van der Waals surface area contributed by atoms with Crippen molar-refractivity contribution in [1.29, 1.82) is 0 Å². The van der Waals surface area contributed by atoms with E-state index in [1.807, 2.05) is 19.9 Å². The van der Waals surface area contributed by atoms with E-state index in [1.54, 1.807) is 6.07 Å². The summed E-state index contributed by atoms with van der Waals surface area (Å²) >= 11 is 6.15. The number of esters is 1. The zero-order chi connectivity index (χ0) is 21.6. The number of methoxy groups -OCH3 is 1. The largest absolute Gasteiger partial charge is 0.493 e. The third-order valence-electron chi connectivity index (χ3n) is 3.80. The molecule has 0 spiro atoms. The summed E-state index contributed by atoms with van der Waals surface area (Å²) < 4.78 is 15.4. The van der Waals surface area contributed by atoms with E-state index in [0.717, 1.165) is 11.1 Å². The number of anilines is 1. The average Bonchev–Trinajstić information content (AvgIpc) is 2.67. The van der Waals surface area contributed by atoms with Crippen LogP contribution in [0.25, 0.3) is 0 Å². The fourth-order valence-electron chi connectivity index (χ4n) is 2.53. The topological polar surface area (TPSA) is 117 Å². The van der Waals surface area contributed by atoms with E-state index in [4.69, 9.17) is 31.5 Å². The first-order valence-electron chi connectivity index (χ1n) is 8.54. The van der Waals surface area contributed by atoms with Crippen LogP contribution in [0, 0.1) is 13.8 Å². The lowest BCUT2D eigenvalue weighted by atomic mass is 10.1. The quantitative estimate of drug-likeness (QED) is 0.634. The first-order valence-corrected chi connectivity index (χ1v) is 8.92. The summed E-state index contributed by atoms with van der Waals surface area (Å²) in [4.78, 5) is 35.2. The van der Waals surface area contributed by atoms with Crippen molar-refractivity contribution >= 4 is 35.1 Å². The van der Waals surface area contributed by atoms with Gasteiger partial charge in [0.05, 0.1) is 23.4 Å². The number of nitrogens with two attached hydrogens (primary N) is 1. The summed E-state index contributed by atoms with van der Waals surface area (Å²) in [6.45, 7) is 2.88. The Morgan fingerprint density at radius 2 is 1.79 bits per heavy atom. The van der Waals surface area contributed by atoms with E-state index in [0.29, 0.717) is 10.7 Å². The maximum Gasteiger partial charge on any atom is 0.338 e. The molecule has 0 saturated heterocycles. The maximum atomic E-state index is 12.2. The summed E-state index contributed by atoms with van der Waals surface area (Å²) in [5.74, 6) is -1.45. The van der Waals surface area contributed by atoms with E-state index >= 15 is 0 Å². The number of carbonyl (C=O) groups excluding carboxylic acids is 3. The predicted octanol–water partition coefficient (Wildman–Crippen LogP) is 2.63. The number of carbonyl (C=O) groups is 3. The van der Waals surface area contributed by atoms with Gasteiger partial charge in [-0.15, -0.1) is 0 Å². The van der Waals surface area contributed by atoms with Gasteiger partial charge in [-0.1, -0.05) is 17.7 Å². The standard InChI is InChI=1S/C20H21ClN2O6/c1-11-6-12(2)19(14(21)7-11)23-18(25)10-29-20(26)13-4-5-15(16(8-13)27-3)28-9-17(22)24/h4-8H,9-10H2,1-3H3,(H2,22,24)(H,23,25). The Kier molecular flexibility index (Phi) is 7.44. The number of amides is 2. The van der Waals surface area contributed by atoms with Gasteiger partial charge in [-0.25, -0.2) is 4.79 Å². The number of halogens is 1. The lowest BCUT2D eigenvalue weighted by molar-refractivity contribution is -0.120. The van der Waals surface area contributed by atoms with Gasteiger partial charge in [0.15, 0.2) is 24.7 Å². The second kappa shape index (κ2) is 9.79. The molecule has 0 heterocycles. The van der Waals surface area contributed by atoms with Crippen molar-refractivity contribution in [2.45, 2.75) is 13.8 Å². The molecule has 0 atom stereocenters. The number of aryl methyl sites for hydroxylation is 2. The molecule has 0 aliphatic heterocycles. The van der Waals surface area contributed by atoms with Crippen LogP contribution in [0.5, 0.6) is 11.5 Å². The van der Waals surface area contributed by atoms with Crippen molar-refractivity contribution in [3.8, 4) is 11.5 Å². The third-order valence-corrected chi connectivity index (χ3v) is 4.10. The van der Waals surface area contributed by atoms with Crippen LogP contribution in [0.2, 0.25) is 5.02 Å². The van der Waals surface area contributed by atoms with Gasteiger partial charge in [-0.2, -0.15) is 0 Å². The Bertz CT molecular complexity index is 922. The van der Waals surface area contributed by atoms with Crippen molar-refractivity contribution < 1.29 is 28.6 Å². The van der Waals surface area contributed by atoms with Crippen LogP contribution in [-0.2, 0) is 14.3 Å². The fraction of sp³-hybridized carbons (Fsp3) is 0.250. The molecule has 0 bridgehead atoms. The molecule has 2 amide bonds. The minimum atomic E-state index is -0.730. The second-order valence-corrected chi connectivity index (χ2v) is 6.59. The summed E-state index contributed by atoms with van der Waals surface area (Å²) in [6.07, 6.45) is 0. The molecular weight excluding hydrogens is 400 g/mol. The zero-order valence-corrected chi connectivity index (χ0v) is 17.0. The Hall–Kier alpha value is -3.26. The highest BCUT2D eigenvalue weighted by atomic mass is 35.5. The lowest BCUT2D eigenvalue weighted by Gasteiger charge is -2.13. The molecule has 0 saturated carbocycles. The number of nitrogens with one attached hydrogen (secondary N) is 1. The minimum Gasteiger partial charge on any atom is -0.493 e. The number of benzene rings is 2. The van der Waals surface area contributed by atoms with E-state index in [9.17, 15) is 14.4 Å². The van der Waals surface area contributed by atoms with Crippen molar-refractivity contribution in [2.75, 3.05) is 25.6 Å². The Labute approximate surface area is 172 Å². The summed E-state index contributed by atoms with van der Waals surface area (Å²) in [5, 5.41) is 3.04. The summed E-state index contributed by atoms with van der Waals surface area (Å²) in [6, 6.07) is 7.83. The molecular formula is C20H21ClN2O6. The lowest BCUT2D eigenvalue weighted by Crippen LogP contribution is -2.22. The Morgan fingerprint density at radius 3 is 2.41 bits per heavy atom. The number of primary amides is 1. The molecule has 0 aromatic heterocycles. The van der Waals surface area contributed by atoms with Gasteiger partial charge >= 0.3 is 5.97 Å². The molecule has 29 heavy (non-hydrogen) atoms. The van der Waals surface area contributed by atoms with Crippen molar-refractivity contribution in [3.05, 3.63) is 52.0 Å². The molecule has 8 nitrogen and oxygen atoms in total. The molecule has 2 rings (SSSR count). The second-order valence-electron chi connectivity index (χ2n) is 6.18. The number of rotatable bonds is 8. The average molecular weight is 421 g/mol. The first kappa shape index (κ1) is 22.0. The number of hydrogen-bond donors (Lipinski definition) is 2. The summed E-state index contributed by atoms with van der Waals surface area (Å²) in [7, 11) is 1.38. The van der Waals surface area contributed by atoms with Gasteiger partial charge in [0, 0.05) is 0 Å². The highest BCUT2D eigenvalue weighted by Crippen LogP contribution is 2.29. The Balaban J connectivity index is 2.00. The van der Waals surface area contributed by atoms with Crippen molar-refractivity contribution in [1.82, 2.24) is 0 Å². The Morgan fingerprint density at radius 1 is 1.07 bits per heavy atom. The van der Waals surface area contributed by atoms with E-state index in [-0.39, 0.29) is 23.7 Å².